The molecule has 2 aromatic carbocycles. The molecule has 0 aliphatic rings. The summed E-state index contributed by atoms with van der Waals surface area (Å²) in [5.41, 5.74) is 3.59. The summed E-state index contributed by atoms with van der Waals surface area (Å²) >= 11 is 6.84. The van der Waals surface area contributed by atoms with Crippen molar-refractivity contribution in [3.05, 3.63) is 58.6 Å². The van der Waals surface area contributed by atoms with Crippen molar-refractivity contribution < 1.29 is 18.0 Å². The number of hydrazone groups is 1. The number of hydrogen-bond acceptors (Lipinski definition) is 8. The number of benzene rings is 2. The van der Waals surface area contributed by atoms with E-state index in [-0.39, 0.29) is 27.6 Å². The molecule has 0 saturated heterocycles. The summed E-state index contributed by atoms with van der Waals surface area (Å²) in [5, 5.41) is 14.4. The van der Waals surface area contributed by atoms with E-state index < -0.39 is 17.6 Å². The third kappa shape index (κ3) is 7.04. The number of amides is 1. The Morgan fingerprint density at radius 2 is 1.89 bits per heavy atom. The van der Waals surface area contributed by atoms with Crippen molar-refractivity contribution in [3.63, 3.8) is 0 Å². The van der Waals surface area contributed by atoms with E-state index in [0.717, 1.165) is 59.0 Å². The number of carbonyl (C=O) groups is 1. The normalized spacial score (nSPS) is 11.6. The number of aromatic nitrogens is 3. The van der Waals surface area contributed by atoms with Crippen molar-refractivity contribution in [2.45, 2.75) is 25.2 Å². The highest BCUT2D eigenvalue weighted by atomic mass is 35.5. The molecule has 3 aromatic rings. The molecule has 1 heterocycles. The molecule has 0 fully saturated rings. The molecular formula is C22H24ClF3N8OS. The van der Waals surface area contributed by atoms with Gasteiger partial charge in [-0.15, -0.1) is 10.2 Å². The molecule has 192 valence electrons. The summed E-state index contributed by atoms with van der Waals surface area (Å²) in [6.07, 6.45) is -2.96. The molecule has 0 atom stereocenters. The van der Waals surface area contributed by atoms with Crippen LogP contribution in [0.2, 0.25) is 5.02 Å². The van der Waals surface area contributed by atoms with Crippen molar-refractivity contribution in [2.24, 2.45) is 5.10 Å². The van der Waals surface area contributed by atoms with Crippen molar-refractivity contribution in [2.75, 3.05) is 40.3 Å². The highest BCUT2D eigenvalue weighted by Crippen LogP contribution is 2.34. The standard InChI is InChI=1S/C22H24ClF3N8OS/c1-3-33(4-2)16-8-5-14(6-9-16)12-28-30-20-31-32-21(34(20)27)36-13-19(35)29-18-11-15(22(24,25)26)7-10-17(18)23/h5-12H,3-4,13,27H2,1-2H3,(H,29,35)(H,30,31)/b28-12+. The van der Waals surface area contributed by atoms with Crippen LogP contribution in [0.4, 0.5) is 30.5 Å². The number of halogens is 4. The Bertz CT molecular complexity index is 1210. The average molecular weight is 541 g/mol. The van der Waals surface area contributed by atoms with Gasteiger partial charge in [0, 0.05) is 18.8 Å². The monoisotopic (exact) mass is 540 g/mol. The summed E-state index contributed by atoms with van der Waals surface area (Å²) in [5.74, 6) is 5.30. The third-order valence-corrected chi connectivity index (χ3v) is 6.24. The number of alkyl halides is 3. The molecule has 0 bridgehead atoms. The molecular weight excluding hydrogens is 517 g/mol. The van der Waals surface area contributed by atoms with Gasteiger partial charge in [-0.25, -0.2) is 10.1 Å². The lowest BCUT2D eigenvalue weighted by Crippen LogP contribution is -2.21. The first kappa shape index (κ1) is 27.1. The van der Waals surface area contributed by atoms with Gasteiger partial charge in [0.05, 0.1) is 28.2 Å². The van der Waals surface area contributed by atoms with Crippen molar-refractivity contribution in [1.82, 2.24) is 14.9 Å². The number of anilines is 3. The van der Waals surface area contributed by atoms with Crippen molar-refractivity contribution >= 4 is 52.8 Å². The predicted octanol–water partition coefficient (Wildman–Crippen LogP) is 4.69. The van der Waals surface area contributed by atoms with Crippen LogP contribution < -0.4 is 21.5 Å². The van der Waals surface area contributed by atoms with Gasteiger partial charge in [0.1, 0.15) is 0 Å². The fraction of sp³-hybridized carbons (Fsp3) is 0.273. The fourth-order valence-corrected chi connectivity index (χ4v) is 3.91. The summed E-state index contributed by atoms with van der Waals surface area (Å²) in [4.78, 5) is 14.5. The minimum atomic E-state index is -4.56. The lowest BCUT2D eigenvalue weighted by molar-refractivity contribution is -0.137. The van der Waals surface area contributed by atoms with E-state index in [1.807, 2.05) is 24.3 Å². The summed E-state index contributed by atoms with van der Waals surface area (Å²) < 4.78 is 39.8. The number of thioether (sulfide) groups is 1. The molecule has 3 rings (SSSR count). The van der Waals surface area contributed by atoms with Crippen LogP contribution in [0, 0.1) is 0 Å². The van der Waals surface area contributed by atoms with E-state index in [2.05, 4.69) is 44.8 Å². The second-order valence-electron chi connectivity index (χ2n) is 7.34. The number of nitrogens with one attached hydrogen (secondary N) is 2. The minimum Gasteiger partial charge on any atom is -0.372 e. The maximum atomic E-state index is 12.9. The molecule has 1 amide bonds. The van der Waals surface area contributed by atoms with Gasteiger partial charge in [0.15, 0.2) is 0 Å². The zero-order chi connectivity index (χ0) is 26.3. The van der Waals surface area contributed by atoms with Gasteiger partial charge in [-0.3, -0.25) is 4.79 Å². The Morgan fingerprint density at radius 1 is 1.19 bits per heavy atom. The van der Waals surface area contributed by atoms with Gasteiger partial charge in [0.2, 0.25) is 11.1 Å². The third-order valence-electron chi connectivity index (χ3n) is 4.96. The predicted molar refractivity (Wildman–Crippen MR) is 137 cm³/mol. The number of nitrogens with zero attached hydrogens (tertiary/aromatic N) is 5. The van der Waals surface area contributed by atoms with Crippen LogP contribution in [0.25, 0.3) is 0 Å². The lowest BCUT2D eigenvalue weighted by atomic mass is 10.2. The Balaban J connectivity index is 1.55. The van der Waals surface area contributed by atoms with E-state index in [1.54, 1.807) is 6.21 Å². The van der Waals surface area contributed by atoms with Crippen LogP contribution in [0.1, 0.15) is 25.0 Å². The lowest BCUT2D eigenvalue weighted by Gasteiger charge is -2.20. The molecule has 0 spiro atoms. The van der Waals surface area contributed by atoms with E-state index in [0.29, 0.717) is 0 Å². The second kappa shape index (κ2) is 12.0. The molecule has 1 aromatic heterocycles. The Morgan fingerprint density at radius 3 is 2.53 bits per heavy atom. The van der Waals surface area contributed by atoms with Gasteiger partial charge < -0.3 is 16.1 Å². The van der Waals surface area contributed by atoms with Crippen LogP contribution in [0.5, 0.6) is 0 Å². The summed E-state index contributed by atoms with van der Waals surface area (Å²) in [6.45, 7) is 6.02. The molecule has 0 aliphatic heterocycles. The van der Waals surface area contributed by atoms with Gasteiger partial charge in [-0.2, -0.15) is 18.3 Å². The second-order valence-corrected chi connectivity index (χ2v) is 8.69. The first-order chi connectivity index (χ1) is 17.1. The van der Waals surface area contributed by atoms with Gasteiger partial charge in [-0.05, 0) is 49.7 Å². The highest BCUT2D eigenvalue weighted by molar-refractivity contribution is 7.99. The van der Waals surface area contributed by atoms with Crippen molar-refractivity contribution in [1.29, 1.82) is 0 Å². The number of rotatable bonds is 10. The first-order valence-corrected chi connectivity index (χ1v) is 12.1. The highest BCUT2D eigenvalue weighted by Gasteiger charge is 2.31. The van der Waals surface area contributed by atoms with E-state index in [1.165, 1.54) is 0 Å². The number of hydrogen-bond donors (Lipinski definition) is 3. The van der Waals surface area contributed by atoms with Crippen LogP contribution >= 0.6 is 23.4 Å². The largest absolute Gasteiger partial charge is 0.416 e. The van der Waals surface area contributed by atoms with E-state index >= 15 is 0 Å². The molecule has 4 N–H and O–H groups in total. The molecule has 9 nitrogen and oxygen atoms in total. The number of nitrogen functional groups attached to an aromatic ring is 1. The van der Waals surface area contributed by atoms with E-state index in [9.17, 15) is 18.0 Å². The molecule has 36 heavy (non-hydrogen) atoms. The maximum Gasteiger partial charge on any atom is 0.416 e. The van der Waals surface area contributed by atoms with Crippen LogP contribution in [-0.4, -0.2) is 45.8 Å². The zero-order valence-corrected chi connectivity index (χ0v) is 21.0. The molecule has 0 aliphatic carbocycles. The van der Waals surface area contributed by atoms with Crippen LogP contribution in [0.15, 0.2) is 52.7 Å². The minimum absolute atomic E-state index is 0.0182. The van der Waals surface area contributed by atoms with E-state index in [4.69, 9.17) is 17.4 Å². The maximum absolute atomic E-state index is 12.9. The van der Waals surface area contributed by atoms with Crippen LogP contribution in [0.3, 0.4) is 0 Å². The number of carbonyl (C=O) groups excluding carboxylic acids is 1. The molecule has 14 heteroatoms. The summed E-state index contributed by atoms with van der Waals surface area (Å²) in [6, 6.07) is 10.6. The topological polar surface area (TPSA) is 113 Å². The SMILES string of the molecule is CCN(CC)c1ccc(/C=N/Nc2nnc(SCC(=O)Nc3cc(C(F)(F)F)ccc3Cl)n2N)cc1. The van der Waals surface area contributed by atoms with Crippen LogP contribution in [-0.2, 0) is 11.0 Å². The molecule has 0 unspecified atom stereocenters. The molecule has 0 radical (unpaired) electrons. The Kier molecular flexibility index (Phi) is 9.04. The summed E-state index contributed by atoms with van der Waals surface area (Å²) in [7, 11) is 0. The number of nitrogens with two attached hydrogens (primary N) is 1. The van der Waals surface area contributed by atoms with Gasteiger partial charge in [0.25, 0.3) is 5.95 Å². The first-order valence-electron chi connectivity index (χ1n) is 10.8. The van der Waals surface area contributed by atoms with Crippen molar-refractivity contribution in [3.8, 4) is 0 Å². The molecule has 0 saturated carbocycles. The zero-order valence-electron chi connectivity index (χ0n) is 19.4. The fourth-order valence-electron chi connectivity index (χ4n) is 3.09. The average Bonchev–Trinajstić information content (AvgIpc) is 3.19. The Hall–Kier alpha value is -3.45. The quantitative estimate of drug-likeness (QED) is 0.148. The van der Waals surface area contributed by atoms with Gasteiger partial charge >= 0.3 is 6.18 Å². The smallest absolute Gasteiger partial charge is 0.372 e. The Labute approximate surface area is 214 Å². The van der Waals surface area contributed by atoms with Gasteiger partial charge in [-0.1, -0.05) is 35.5 Å².